The average molecular weight is 242 g/mol. The van der Waals surface area contributed by atoms with Gasteiger partial charge in [0.15, 0.2) is 0 Å². The van der Waals surface area contributed by atoms with Crippen molar-refractivity contribution < 1.29 is 14.4 Å². The largest absolute Gasteiger partial charge is 0.391 e. The van der Waals surface area contributed by atoms with Crippen LogP contribution in [-0.2, 0) is 0 Å². The van der Waals surface area contributed by atoms with Crippen LogP contribution < -0.4 is 5.32 Å². The molecule has 0 heterocycles. The van der Waals surface area contributed by atoms with Crippen molar-refractivity contribution in [3.63, 3.8) is 0 Å². The predicted octanol–water partition coefficient (Wildman–Crippen LogP) is 2.16. The number of nitrogens with one attached hydrogen (secondary N) is 1. The summed E-state index contributed by atoms with van der Waals surface area (Å²) >= 11 is 0. The number of anilines is 1. The van der Waals surface area contributed by atoms with Crippen LogP contribution in [0.3, 0.4) is 0 Å². The third-order valence-electron chi connectivity index (χ3n) is 2.43. The van der Waals surface area contributed by atoms with Gasteiger partial charge < -0.3 is 10.4 Å². The summed E-state index contributed by atoms with van der Waals surface area (Å²) in [5.74, 6) is -0.535. The van der Waals surface area contributed by atoms with Crippen LogP contribution in [0.2, 0.25) is 0 Å². The van der Waals surface area contributed by atoms with Gasteiger partial charge in [0.25, 0.3) is 5.69 Å². The molecule has 1 unspecified atom stereocenters. The molecule has 0 aliphatic rings. The zero-order valence-corrected chi connectivity index (χ0v) is 9.68. The summed E-state index contributed by atoms with van der Waals surface area (Å²) in [7, 11) is 0. The van der Waals surface area contributed by atoms with Crippen LogP contribution >= 0.6 is 0 Å². The van der Waals surface area contributed by atoms with E-state index in [1.54, 1.807) is 0 Å². The molecule has 1 aromatic carbocycles. The monoisotopic (exact) mass is 242 g/mol. The first-order valence-corrected chi connectivity index (χ1v) is 5.27. The van der Waals surface area contributed by atoms with Gasteiger partial charge >= 0.3 is 0 Å². The van der Waals surface area contributed by atoms with Gasteiger partial charge in [0.1, 0.15) is 11.5 Å². The van der Waals surface area contributed by atoms with Gasteiger partial charge in [0.05, 0.1) is 11.0 Å². The molecule has 2 N–H and O–H groups in total. The van der Waals surface area contributed by atoms with Crippen LogP contribution in [-0.4, -0.2) is 22.7 Å². The van der Waals surface area contributed by atoms with Gasteiger partial charge in [0, 0.05) is 18.7 Å². The van der Waals surface area contributed by atoms with Crippen molar-refractivity contribution >= 4 is 11.4 Å². The van der Waals surface area contributed by atoms with Crippen LogP contribution in [0.15, 0.2) is 18.2 Å². The minimum absolute atomic E-state index is 0.0233. The van der Waals surface area contributed by atoms with E-state index < -0.39 is 16.8 Å². The number of rotatable bonds is 5. The van der Waals surface area contributed by atoms with E-state index in [9.17, 15) is 19.6 Å². The van der Waals surface area contributed by atoms with E-state index in [0.717, 1.165) is 18.2 Å². The fourth-order valence-corrected chi connectivity index (χ4v) is 1.26. The highest BCUT2D eigenvalue weighted by molar-refractivity contribution is 5.61. The van der Waals surface area contributed by atoms with Gasteiger partial charge in [-0.3, -0.25) is 10.1 Å². The Labute approximate surface area is 98.4 Å². The molecule has 0 bridgehead atoms. The Morgan fingerprint density at radius 3 is 2.71 bits per heavy atom. The average Bonchev–Trinajstić information content (AvgIpc) is 2.25. The molecule has 94 valence electrons. The summed E-state index contributed by atoms with van der Waals surface area (Å²) in [6.45, 7) is 3.79. The second-order valence-electron chi connectivity index (χ2n) is 4.11. The lowest BCUT2D eigenvalue weighted by Crippen LogP contribution is -2.25. The smallest absolute Gasteiger partial charge is 0.292 e. The number of hydrogen-bond donors (Lipinski definition) is 2. The number of nitro benzene ring substituents is 1. The second kappa shape index (κ2) is 5.58. The number of aliphatic hydroxyl groups is 1. The predicted molar refractivity (Wildman–Crippen MR) is 62.4 cm³/mol. The van der Waals surface area contributed by atoms with Crippen LogP contribution in [0, 0.1) is 21.8 Å². The molecule has 0 saturated carbocycles. The molecule has 5 nitrogen and oxygen atoms in total. The van der Waals surface area contributed by atoms with Gasteiger partial charge in [-0.2, -0.15) is 0 Å². The Morgan fingerprint density at radius 2 is 2.18 bits per heavy atom. The maximum absolute atomic E-state index is 13.0. The fourth-order valence-electron chi connectivity index (χ4n) is 1.26. The Balaban J connectivity index is 2.82. The molecule has 1 aromatic rings. The summed E-state index contributed by atoms with van der Waals surface area (Å²) in [6, 6.07) is 3.17. The van der Waals surface area contributed by atoms with Gasteiger partial charge in [-0.1, -0.05) is 13.8 Å². The topological polar surface area (TPSA) is 75.4 Å². The highest BCUT2D eigenvalue weighted by Gasteiger charge is 2.16. The number of aliphatic hydroxyl groups excluding tert-OH is 1. The summed E-state index contributed by atoms with van der Waals surface area (Å²) in [5.41, 5.74) is -0.128. The molecule has 1 atom stereocenters. The maximum Gasteiger partial charge on any atom is 0.292 e. The van der Waals surface area contributed by atoms with E-state index in [1.165, 1.54) is 0 Å². The number of halogens is 1. The third-order valence-corrected chi connectivity index (χ3v) is 2.43. The lowest BCUT2D eigenvalue weighted by Gasteiger charge is -2.15. The number of benzene rings is 1. The molecule has 1 rings (SSSR count). The van der Waals surface area contributed by atoms with E-state index in [1.807, 2.05) is 13.8 Å². The van der Waals surface area contributed by atoms with Gasteiger partial charge in [-0.05, 0) is 12.0 Å². The molecule has 0 saturated heterocycles. The molecule has 0 fully saturated rings. The summed E-state index contributed by atoms with van der Waals surface area (Å²) < 4.78 is 13.0. The molecule has 0 aliphatic heterocycles. The summed E-state index contributed by atoms with van der Waals surface area (Å²) in [4.78, 5) is 10.1. The van der Waals surface area contributed by atoms with Crippen molar-refractivity contribution in [3.8, 4) is 0 Å². The first-order valence-electron chi connectivity index (χ1n) is 5.27. The van der Waals surface area contributed by atoms with E-state index in [4.69, 9.17) is 0 Å². The molecule has 6 heteroatoms. The second-order valence-corrected chi connectivity index (χ2v) is 4.11. The van der Waals surface area contributed by atoms with E-state index >= 15 is 0 Å². The van der Waals surface area contributed by atoms with Crippen molar-refractivity contribution in [2.45, 2.75) is 20.0 Å². The van der Waals surface area contributed by atoms with Gasteiger partial charge in [0.2, 0.25) is 0 Å². The Kier molecular flexibility index (Phi) is 4.39. The SMILES string of the molecule is CC(C)C(O)CNc1cc(F)ccc1[N+](=O)[O-]. The fraction of sp³-hybridized carbons (Fsp3) is 0.455. The Hall–Kier alpha value is -1.69. The summed E-state index contributed by atoms with van der Waals surface area (Å²) in [5, 5.41) is 22.9. The molecular formula is C11H15FN2O3. The molecule has 0 spiro atoms. The molecule has 17 heavy (non-hydrogen) atoms. The van der Waals surface area contributed by atoms with Crippen molar-refractivity contribution in [2.24, 2.45) is 5.92 Å². The maximum atomic E-state index is 13.0. The normalized spacial score (nSPS) is 12.5. The van der Waals surface area contributed by atoms with Gasteiger partial charge in [-0.25, -0.2) is 4.39 Å². The molecule has 0 aromatic heterocycles. The third kappa shape index (κ3) is 3.67. The highest BCUT2D eigenvalue weighted by Crippen LogP contribution is 2.24. The van der Waals surface area contributed by atoms with Crippen LogP contribution in [0.4, 0.5) is 15.8 Å². The standard InChI is InChI=1S/C11H15FN2O3/c1-7(2)11(15)6-13-9-5-8(12)3-4-10(9)14(16)17/h3-5,7,11,13,15H,6H2,1-2H3. The minimum atomic E-state index is -0.641. The quantitative estimate of drug-likeness (QED) is 0.612. The van der Waals surface area contributed by atoms with E-state index in [2.05, 4.69) is 5.32 Å². The molecular weight excluding hydrogens is 227 g/mol. The summed E-state index contributed by atoms with van der Waals surface area (Å²) in [6.07, 6.45) is -0.641. The van der Waals surface area contributed by atoms with Crippen molar-refractivity contribution in [1.29, 1.82) is 0 Å². The van der Waals surface area contributed by atoms with E-state index in [-0.39, 0.29) is 23.8 Å². The van der Waals surface area contributed by atoms with Crippen LogP contribution in [0.5, 0.6) is 0 Å². The molecule has 0 radical (unpaired) electrons. The van der Waals surface area contributed by atoms with Crippen molar-refractivity contribution in [1.82, 2.24) is 0 Å². The van der Waals surface area contributed by atoms with Gasteiger partial charge in [-0.15, -0.1) is 0 Å². The zero-order valence-electron chi connectivity index (χ0n) is 9.68. The number of nitro groups is 1. The first-order chi connectivity index (χ1) is 7.91. The molecule has 0 aliphatic carbocycles. The number of nitrogens with zero attached hydrogens (tertiary/aromatic N) is 1. The minimum Gasteiger partial charge on any atom is -0.391 e. The van der Waals surface area contributed by atoms with Crippen molar-refractivity contribution in [2.75, 3.05) is 11.9 Å². The Bertz CT molecular complexity index is 410. The molecule has 0 amide bonds. The zero-order chi connectivity index (χ0) is 13.0. The van der Waals surface area contributed by atoms with Crippen molar-refractivity contribution in [3.05, 3.63) is 34.1 Å². The Morgan fingerprint density at radius 1 is 1.53 bits per heavy atom. The lowest BCUT2D eigenvalue weighted by molar-refractivity contribution is -0.384. The van der Waals surface area contributed by atoms with Crippen LogP contribution in [0.1, 0.15) is 13.8 Å². The first kappa shape index (κ1) is 13.4. The lowest BCUT2D eigenvalue weighted by atomic mass is 10.1. The number of hydrogen-bond acceptors (Lipinski definition) is 4. The van der Waals surface area contributed by atoms with Crippen LogP contribution in [0.25, 0.3) is 0 Å². The van der Waals surface area contributed by atoms with E-state index in [0.29, 0.717) is 0 Å². The highest BCUT2D eigenvalue weighted by atomic mass is 19.1.